The summed E-state index contributed by atoms with van der Waals surface area (Å²) in [7, 11) is -2.88. The zero-order chi connectivity index (χ0) is 10.6. The van der Waals surface area contributed by atoms with Crippen LogP contribution in [0.4, 0.5) is 0 Å². The van der Waals surface area contributed by atoms with Crippen molar-refractivity contribution >= 4 is 21.4 Å². The summed E-state index contributed by atoms with van der Waals surface area (Å²) >= 11 is 1.25. The number of hydrogen-bond acceptors (Lipinski definition) is 6. The Morgan fingerprint density at radius 2 is 2.36 bits per heavy atom. The second-order valence-corrected chi connectivity index (χ2v) is 6.08. The minimum absolute atomic E-state index is 0.179. The molecule has 7 heteroatoms. The second-order valence-electron chi connectivity index (χ2n) is 3.21. The van der Waals surface area contributed by atoms with Crippen molar-refractivity contribution in [3.8, 4) is 0 Å². The van der Waals surface area contributed by atoms with Gasteiger partial charge < -0.3 is 5.73 Å². The van der Waals surface area contributed by atoms with E-state index in [0.717, 1.165) is 5.69 Å². The third kappa shape index (κ3) is 4.12. The van der Waals surface area contributed by atoms with E-state index >= 15 is 0 Å². The Balaban J connectivity index is 2.33. The van der Waals surface area contributed by atoms with Gasteiger partial charge in [-0.2, -0.15) is 0 Å². The maximum absolute atomic E-state index is 10.8. The molecule has 1 aromatic rings. The van der Waals surface area contributed by atoms with Crippen LogP contribution in [-0.4, -0.2) is 30.0 Å². The minimum atomic E-state index is -2.88. The molecule has 0 spiro atoms. The Morgan fingerprint density at radius 3 is 2.86 bits per heavy atom. The average molecular weight is 235 g/mol. The van der Waals surface area contributed by atoms with Crippen molar-refractivity contribution in [1.82, 2.24) is 9.59 Å². The third-order valence-corrected chi connectivity index (χ3v) is 3.34. The highest BCUT2D eigenvalue weighted by Crippen LogP contribution is 2.14. The molecule has 14 heavy (non-hydrogen) atoms. The molecule has 1 heterocycles. The van der Waals surface area contributed by atoms with Crippen LogP contribution in [0.1, 0.15) is 24.6 Å². The Hall–Kier alpha value is -0.530. The van der Waals surface area contributed by atoms with Crippen LogP contribution in [0.2, 0.25) is 0 Å². The van der Waals surface area contributed by atoms with E-state index in [0.29, 0.717) is 12.8 Å². The summed E-state index contributed by atoms with van der Waals surface area (Å²) in [5.74, 6) is 0.179. The van der Waals surface area contributed by atoms with Crippen molar-refractivity contribution in [3.05, 3.63) is 11.1 Å². The summed E-state index contributed by atoms with van der Waals surface area (Å²) in [5, 5.41) is 5.61. The minimum Gasteiger partial charge on any atom is -0.323 e. The van der Waals surface area contributed by atoms with Gasteiger partial charge in [0.2, 0.25) is 0 Å². The van der Waals surface area contributed by atoms with E-state index in [1.165, 1.54) is 17.8 Å². The Morgan fingerprint density at radius 1 is 1.64 bits per heavy atom. The first kappa shape index (κ1) is 11.5. The molecule has 0 bridgehead atoms. The first-order valence-electron chi connectivity index (χ1n) is 4.19. The van der Waals surface area contributed by atoms with Crippen molar-refractivity contribution in [2.24, 2.45) is 5.73 Å². The SMILES string of the molecule is CS(=O)(=O)CCCC(N)c1csnn1. The highest BCUT2D eigenvalue weighted by atomic mass is 32.2. The molecular formula is C7H13N3O2S2. The van der Waals surface area contributed by atoms with Crippen LogP contribution in [0.25, 0.3) is 0 Å². The third-order valence-electron chi connectivity index (χ3n) is 1.79. The molecule has 0 aliphatic carbocycles. The molecule has 1 aromatic heterocycles. The molecule has 80 valence electrons. The van der Waals surface area contributed by atoms with Gasteiger partial charge in [-0.3, -0.25) is 0 Å². The largest absolute Gasteiger partial charge is 0.323 e. The molecule has 0 aliphatic rings. The number of nitrogens with two attached hydrogens (primary N) is 1. The lowest BCUT2D eigenvalue weighted by molar-refractivity contribution is 0.584. The Labute approximate surface area is 87.4 Å². The van der Waals surface area contributed by atoms with Crippen molar-refractivity contribution in [2.75, 3.05) is 12.0 Å². The second kappa shape index (κ2) is 4.81. The summed E-state index contributed by atoms with van der Waals surface area (Å²) in [6, 6.07) is -0.199. The lowest BCUT2D eigenvalue weighted by Crippen LogP contribution is -2.13. The molecule has 5 nitrogen and oxygen atoms in total. The molecule has 0 fully saturated rings. The molecule has 1 atom stereocenters. The van der Waals surface area contributed by atoms with Crippen LogP contribution in [0.3, 0.4) is 0 Å². The van der Waals surface area contributed by atoms with Crippen LogP contribution in [0.5, 0.6) is 0 Å². The first-order valence-corrected chi connectivity index (χ1v) is 7.09. The van der Waals surface area contributed by atoms with Crippen LogP contribution in [-0.2, 0) is 9.84 Å². The van der Waals surface area contributed by atoms with Gasteiger partial charge in [0, 0.05) is 23.4 Å². The first-order chi connectivity index (χ1) is 6.49. The standard InChI is InChI=1S/C7H13N3O2S2/c1-14(11,12)4-2-3-6(8)7-5-13-10-9-7/h5-6H,2-4,8H2,1H3. The lowest BCUT2D eigenvalue weighted by Gasteiger charge is -2.06. The van der Waals surface area contributed by atoms with Gasteiger partial charge in [-0.15, -0.1) is 5.10 Å². The quantitative estimate of drug-likeness (QED) is 0.796. The van der Waals surface area contributed by atoms with Crippen molar-refractivity contribution in [3.63, 3.8) is 0 Å². The van der Waals surface area contributed by atoms with E-state index in [9.17, 15) is 8.42 Å². The van der Waals surface area contributed by atoms with Crippen LogP contribution < -0.4 is 5.73 Å². The molecule has 2 N–H and O–H groups in total. The maximum Gasteiger partial charge on any atom is 0.147 e. The van der Waals surface area contributed by atoms with E-state index in [1.807, 2.05) is 0 Å². The van der Waals surface area contributed by atoms with E-state index in [-0.39, 0.29) is 11.8 Å². The van der Waals surface area contributed by atoms with Crippen LogP contribution >= 0.6 is 11.5 Å². The number of nitrogens with zero attached hydrogens (tertiary/aromatic N) is 2. The summed E-state index contributed by atoms with van der Waals surface area (Å²) in [6.07, 6.45) is 2.42. The van der Waals surface area contributed by atoms with Crippen molar-refractivity contribution in [1.29, 1.82) is 0 Å². The predicted molar refractivity (Wildman–Crippen MR) is 55.8 cm³/mol. The fourth-order valence-corrected chi connectivity index (χ4v) is 2.26. The van der Waals surface area contributed by atoms with E-state index in [1.54, 1.807) is 5.38 Å². The van der Waals surface area contributed by atoms with Gasteiger partial charge in [0.15, 0.2) is 0 Å². The topological polar surface area (TPSA) is 85.9 Å². The molecular weight excluding hydrogens is 222 g/mol. The molecule has 0 saturated heterocycles. The summed E-state index contributed by atoms with van der Waals surface area (Å²) < 4.78 is 25.4. The zero-order valence-electron chi connectivity index (χ0n) is 7.88. The highest BCUT2D eigenvalue weighted by molar-refractivity contribution is 7.90. The molecule has 0 radical (unpaired) electrons. The van der Waals surface area contributed by atoms with E-state index in [2.05, 4.69) is 9.59 Å². The summed E-state index contributed by atoms with van der Waals surface area (Å²) in [5.41, 5.74) is 6.52. The van der Waals surface area contributed by atoms with Gasteiger partial charge in [-0.25, -0.2) is 8.42 Å². The summed E-state index contributed by atoms with van der Waals surface area (Å²) in [4.78, 5) is 0. The van der Waals surface area contributed by atoms with Crippen LogP contribution in [0.15, 0.2) is 5.38 Å². The van der Waals surface area contributed by atoms with Gasteiger partial charge in [0.25, 0.3) is 0 Å². The van der Waals surface area contributed by atoms with E-state index < -0.39 is 9.84 Å². The number of rotatable bonds is 5. The summed E-state index contributed by atoms with van der Waals surface area (Å²) in [6.45, 7) is 0. The fourth-order valence-electron chi connectivity index (χ4n) is 1.05. The van der Waals surface area contributed by atoms with Gasteiger partial charge in [-0.1, -0.05) is 4.49 Å². The Bertz CT molecular complexity index is 360. The maximum atomic E-state index is 10.8. The Kier molecular flexibility index (Phi) is 3.97. The highest BCUT2D eigenvalue weighted by Gasteiger charge is 2.10. The van der Waals surface area contributed by atoms with Gasteiger partial charge in [0.1, 0.15) is 9.84 Å². The molecule has 0 amide bonds. The van der Waals surface area contributed by atoms with Gasteiger partial charge >= 0.3 is 0 Å². The molecule has 1 rings (SSSR count). The molecule has 0 saturated carbocycles. The number of hydrogen-bond donors (Lipinski definition) is 1. The fraction of sp³-hybridized carbons (Fsp3) is 0.714. The van der Waals surface area contributed by atoms with Gasteiger partial charge in [-0.05, 0) is 24.4 Å². The number of aromatic nitrogens is 2. The zero-order valence-corrected chi connectivity index (χ0v) is 9.51. The molecule has 0 aromatic carbocycles. The van der Waals surface area contributed by atoms with Crippen molar-refractivity contribution in [2.45, 2.75) is 18.9 Å². The monoisotopic (exact) mass is 235 g/mol. The predicted octanol–water partition coefficient (Wildman–Crippen LogP) is 0.363. The van der Waals surface area contributed by atoms with E-state index in [4.69, 9.17) is 5.73 Å². The molecule has 1 unspecified atom stereocenters. The van der Waals surface area contributed by atoms with Crippen molar-refractivity contribution < 1.29 is 8.42 Å². The number of sulfone groups is 1. The molecule has 0 aliphatic heterocycles. The lowest BCUT2D eigenvalue weighted by atomic mass is 10.1. The average Bonchev–Trinajstić information content (AvgIpc) is 2.53. The van der Waals surface area contributed by atoms with Crippen LogP contribution in [0, 0.1) is 0 Å². The smallest absolute Gasteiger partial charge is 0.147 e. The van der Waals surface area contributed by atoms with Gasteiger partial charge in [0.05, 0.1) is 5.69 Å². The normalized spacial score (nSPS) is 14.1.